The quantitative estimate of drug-likeness (QED) is 0.557. The van der Waals surface area contributed by atoms with Gasteiger partial charge in [0.15, 0.2) is 5.96 Å². The zero-order chi connectivity index (χ0) is 19.2. The first-order valence-corrected chi connectivity index (χ1v) is 10.6. The Kier molecular flexibility index (Phi) is 7.46. The first-order chi connectivity index (χ1) is 12.3. The van der Waals surface area contributed by atoms with Crippen molar-refractivity contribution in [3.05, 3.63) is 0 Å². The molecule has 0 aromatic rings. The average Bonchev–Trinajstić information content (AvgIpc) is 2.54. The molecule has 2 N–H and O–H groups in total. The predicted octanol–water partition coefficient (Wildman–Crippen LogP) is 2.07. The summed E-state index contributed by atoms with van der Waals surface area (Å²) in [6.07, 6.45) is 3.98. The molecule has 8 heteroatoms. The van der Waals surface area contributed by atoms with Crippen molar-refractivity contribution < 1.29 is 14.3 Å². The third-order valence-electron chi connectivity index (χ3n) is 4.58. The standard InChI is InChI=1S/C18H34N4O3S/c1-6-19-15(20-13-18(26-5)7-9-24-10-8-18)21-14-11-22(12-14)16(23)25-17(2,3)4/h14H,6-13H2,1-5H3,(H2,19,20,21). The van der Waals surface area contributed by atoms with E-state index in [-0.39, 0.29) is 16.9 Å². The van der Waals surface area contributed by atoms with Crippen molar-refractivity contribution in [3.8, 4) is 0 Å². The zero-order valence-corrected chi connectivity index (χ0v) is 17.6. The van der Waals surface area contributed by atoms with E-state index < -0.39 is 5.60 Å². The van der Waals surface area contributed by atoms with E-state index in [2.05, 4.69) is 23.8 Å². The number of amides is 1. The second-order valence-electron chi connectivity index (χ2n) is 7.92. The fourth-order valence-electron chi connectivity index (χ4n) is 2.95. The third-order valence-corrected chi connectivity index (χ3v) is 5.98. The lowest BCUT2D eigenvalue weighted by molar-refractivity contribution is 0.00701. The maximum absolute atomic E-state index is 12.0. The molecule has 0 aliphatic carbocycles. The Hall–Kier alpha value is -1.15. The van der Waals surface area contributed by atoms with Crippen molar-refractivity contribution in [2.45, 2.75) is 56.9 Å². The maximum Gasteiger partial charge on any atom is 0.410 e. The normalized spacial score (nSPS) is 21.1. The molecule has 2 aliphatic heterocycles. The van der Waals surface area contributed by atoms with Crippen LogP contribution in [0.5, 0.6) is 0 Å². The highest BCUT2D eigenvalue weighted by Gasteiger charge is 2.35. The highest BCUT2D eigenvalue weighted by atomic mass is 32.2. The van der Waals surface area contributed by atoms with Gasteiger partial charge in [0.25, 0.3) is 0 Å². The van der Waals surface area contributed by atoms with Crippen molar-refractivity contribution in [1.29, 1.82) is 0 Å². The summed E-state index contributed by atoms with van der Waals surface area (Å²) < 4.78 is 11.1. The van der Waals surface area contributed by atoms with Crippen molar-refractivity contribution in [2.24, 2.45) is 4.99 Å². The Labute approximate surface area is 161 Å². The van der Waals surface area contributed by atoms with E-state index in [1.165, 1.54) is 0 Å². The number of thioether (sulfide) groups is 1. The maximum atomic E-state index is 12.0. The van der Waals surface area contributed by atoms with Gasteiger partial charge < -0.3 is 25.0 Å². The summed E-state index contributed by atoms with van der Waals surface area (Å²) in [5.74, 6) is 0.821. The molecule has 0 aromatic carbocycles. The van der Waals surface area contributed by atoms with Gasteiger partial charge in [0.1, 0.15) is 5.60 Å². The van der Waals surface area contributed by atoms with Gasteiger partial charge in [-0.05, 0) is 46.8 Å². The number of carbonyl (C=O) groups excluding carboxylic acids is 1. The molecule has 1 amide bonds. The molecule has 0 spiro atoms. The summed E-state index contributed by atoms with van der Waals surface area (Å²) >= 11 is 1.89. The van der Waals surface area contributed by atoms with Gasteiger partial charge in [-0.3, -0.25) is 4.99 Å². The minimum absolute atomic E-state index is 0.169. The zero-order valence-electron chi connectivity index (χ0n) is 16.8. The van der Waals surface area contributed by atoms with Gasteiger partial charge in [0, 0.05) is 37.6 Å². The highest BCUT2D eigenvalue weighted by molar-refractivity contribution is 8.00. The second-order valence-corrected chi connectivity index (χ2v) is 9.20. The van der Waals surface area contributed by atoms with E-state index in [4.69, 9.17) is 14.5 Å². The summed E-state index contributed by atoms with van der Waals surface area (Å²) in [6.45, 7) is 12.2. The summed E-state index contributed by atoms with van der Waals surface area (Å²) in [5, 5.41) is 6.74. The molecule has 2 aliphatic rings. The molecule has 0 radical (unpaired) electrons. The fourth-order valence-corrected chi connectivity index (χ4v) is 3.72. The lowest BCUT2D eigenvalue weighted by Gasteiger charge is -2.40. The highest BCUT2D eigenvalue weighted by Crippen LogP contribution is 2.34. The molecule has 0 unspecified atom stereocenters. The SMILES string of the molecule is CCNC(=NCC1(SC)CCOCC1)NC1CN(C(=O)OC(C)(C)C)C1. The van der Waals surface area contributed by atoms with E-state index in [1.807, 2.05) is 32.5 Å². The molecule has 26 heavy (non-hydrogen) atoms. The largest absolute Gasteiger partial charge is 0.444 e. The first kappa shape index (κ1) is 21.2. The number of hydrogen-bond donors (Lipinski definition) is 2. The summed E-state index contributed by atoms with van der Waals surface area (Å²) in [6, 6.07) is 0.209. The molecule has 2 heterocycles. The topological polar surface area (TPSA) is 75.2 Å². The molecule has 0 aromatic heterocycles. The summed E-state index contributed by atoms with van der Waals surface area (Å²) in [4.78, 5) is 18.6. The fraction of sp³-hybridized carbons (Fsp3) is 0.889. The molecule has 2 saturated heterocycles. The van der Waals surface area contributed by atoms with Gasteiger partial charge in [-0.25, -0.2) is 4.79 Å². The lowest BCUT2D eigenvalue weighted by Crippen LogP contribution is -2.63. The molecule has 150 valence electrons. The number of carbonyl (C=O) groups is 1. The number of rotatable bonds is 5. The Morgan fingerprint density at radius 3 is 2.54 bits per heavy atom. The predicted molar refractivity (Wildman–Crippen MR) is 107 cm³/mol. The molecule has 0 bridgehead atoms. The Balaban J connectivity index is 1.84. The van der Waals surface area contributed by atoms with Gasteiger partial charge in [-0.1, -0.05) is 0 Å². The van der Waals surface area contributed by atoms with Crippen LogP contribution in [0.2, 0.25) is 0 Å². The van der Waals surface area contributed by atoms with Crippen molar-refractivity contribution >= 4 is 23.8 Å². The number of guanidine groups is 1. The van der Waals surface area contributed by atoms with Crippen LogP contribution in [0.3, 0.4) is 0 Å². The number of hydrogen-bond acceptors (Lipinski definition) is 5. The van der Waals surface area contributed by atoms with E-state index in [9.17, 15) is 4.79 Å². The van der Waals surface area contributed by atoms with Crippen LogP contribution in [-0.4, -0.2) is 79.0 Å². The molecule has 7 nitrogen and oxygen atoms in total. The van der Waals surface area contributed by atoms with Gasteiger partial charge in [-0.15, -0.1) is 0 Å². The van der Waals surface area contributed by atoms with Gasteiger partial charge in [0.05, 0.1) is 12.6 Å². The molecule has 0 atom stereocenters. The van der Waals surface area contributed by atoms with Crippen LogP contribution < -0.4 is 10.6 Å². The van der Waals surface area contributed by atoms with Crippen LogP contribution in [0.1, 0.15) is 40.5 Å². The molecule has 2 rings (SSSR count). The summed E-state index contributed by atoms with van der Waals surface area (Å²) in [7, 11) is 0. The van der Waals surface area contributed by atoms with Gasteiger partial charge in [-0.2, -0.15) is 11.8 Å². The third kappa shape index (κ3) is 6.23. The van der Waals surface area contributed by atoms with Crippen LogP contribution >= 0.6 is 11.8 Å². The first-order valence-electron chi connectivity index (χ1n) is 9.42. The van der Waals surface area contributed by atoms with Gasteiger partial charge >= 0.3 is 6.09 Å². The smallest absolute Gasteiger partial charge is 0.410 e. The van der Waals surface area contributed by atoms with E-state index in [1.54, 1.807) is 4.90 Å². The molecular weight excluding hydrogens is 352 g/mol. The lowest BCUT2D eigenvalue weighted by atomic mass is 9.99. The Morgan fingerprint density at radius 1 is 1.35 bits per heavy atom. The minimum atomic E-state index is -0.457. The average molecular weight is 387 g/mol. The minimum Gasteiger partial charge on any atom is -0.444 e. The van der Waals surface area contributed by atoms with Crippen LogP contribution in [0.25, 0.3) is 0 Å². The Bertz CT molecular complexity index is 495. The van der Waals surface area contributed by atoms with Crippen LogP contribution in [0, 0.1) is 0 Å². The van der Waals surface area contributed by atoms with E-state index >= 15 is 0 Å². The number of aliphatic imine (C=N–C) groups is 1. The number of nitrogens with one attached hydrogen (secondary N) is 2. The summed E-state index contributed by atoms with van der Waals surface area (Å²) in [5.41, 5.74) is -0.457. The van der Waals surface area contributed by atoms with Crippen LogP contribution in [0.15, 0.2) is 4.99 Å². The Morgan fingerprint density at radius 2 is 2.00 bits per heavy atom. The molecule has 0 saturated carbocycles. The van der Waals surface area contributed by atoms with Crippen molar-refractivity contribution in [1.82, 2.24) is 15.5 Å². The van der Waals surface area contributed by atoms with Crippen LogP contribution in [-0.2, 0) is 9.47 Å². The molecular formula is C18H34N4O3S. The van der Waals surface area contributed by atoms with Crippen molar-refractivity contribution in [2.75, 3.05) is 45.6 Å². The molecule has 2 fully saturated rings. The second kappa shape index (κ2) is 9.17. The number of likely N-dealkylation sites (tertiary alicyclic amines) is 1. The monoisotopic (exact) mass is 386 g/mol. The number of nitrogens with zero attached hydrogens (tertiary/aromatic N) is 2. The van der Waals surface area contributed by atoms with Gasteiger partial charge in [0.2, 0.25) is 0 Å². The van der Waals surface area contributed by atoms with Crippen molar-refractivity contribution in [3.63, 3.8) is 0 Å². The number of ether oxygens (including phenoxy) is 2. The van der Waals surface area contributed by atoms with E-state index in [0.717, 1.165) is 45.1 Å². The van der Waals surface area contributed by atoms with Crippen LogP contribution in [0.4, 0.5) is 4.79 Å². The van der Waals surface area contributed by atoms with E-state index in [0.29, 0.717) is 13.1 Å².